The van der Waals surface area contributed by atoms with Crippen molar-refractivity contribution in [2.45, 2.75) is 31.5 Å². The van der Waals surface area contributed by atoms with E-state index < -0.39 is 0 Å². The van der Waals surface area contributed by atoms with Gasteiger partial charge in [0.15, 0.2) is 0 Å². The number of hydrogen-bond acceptors (Lipinski definition) is 2. The minimum atomic E-state index is 0.418. The molecule has 0 bridgehead atoms. The lowest BCUT2D eigenvalue weighted by atomic mass is 9.72. The van der Waals surface area contributed by atoms with Crippen LogP contribution in [0.2, 0.25) is 0 Å². The van der Waals surface area contributed by atoms with Crippen LogP contribution in [0.15, 0.2) is 71.5 Å². The van der Waals surface area contributed by atoms with Gasteiger partial charge in [-0.3, -0.25) is 4.90 Å². The molecule has 0 spiro atoms. The fourth-order valence-corrected chi connectivity index (χ4v) is 5.06. The predicted octanol–water partition coefficient (Wildman–Crippen LogP) is 4.83. The van der Waals surface area contributed by atoms with Gasteiger partial charge in [-0.1, -0.05) is 36.4 Å². The molecule has 2 aromatic carbocycles. The molecule has 6 rings (SSSR count). The van der Waals surface area contributed by atoms with Crippen LogP contribution in [0.4, 0.5) is 0 Å². The third-order valence-corrected chi connectivity index (χ3v) is 6.14. The van der Waals surface area contributed by atoms with Gasteiger partial charge < -0.3 is 9.40 Å². The molecule has 26 heavy (non-hydrogen) atoms. The molecule has 3 nitrogen and oxygen atoms in total. The van der Waals surface area contributed by atoms with Crippen molar-refractivity contribution < 1.29 is 4.42 Å². The summed E-state index contributed by atoms with van der Waals surface area (Å²) in [6, 6.07) is 20.2. The van der Waals surface area contributed by atoms with Crippen molar-refractivity contribution >= 4 is 10.9 Å². The SMILES string of the molecule is c1coc(CN2Cc3ccccc3[C@H]3c4cccc5[nH]cc(c45)C[C@@H]32)c1. The third kappa shape index (κ3) is 1.98. The number of aromatic nitrogens is 1. The van der Waals surface area contributed by atoms with E-state index in [1.54, 1.807) is 6.26 Å². The Morgan fingerprint density at radius 3 is 2.81 bits per heavy atom. The zero-order valence-corrected chi connectivity index (χ0v) is 14.5. The van der Waals surface area contributed by atoms with E-state index in [9.17, 15) is 0 Å². The van der Waals surface area contributed by atoms with Gasteiger partial charge in [-0.2, -0.15) is 0 Å². The largest absolute Gasteiger partial charge is 0.468 e. The average Bonchev–Trinajstić information content (AvgIpc) is 3.33. The number of benzene rings is 2. The molecule has 0 saturated carbocycles. The average molecular weight is 340 g/mol. The number of nitrogens with one attached hydrogen (secondary N) is 1. The highest BCUT2D eigenvalue weighted by Crippen LogP contribution is 2.46. The molecule has 1 N–H and O–H groups in total. The molecule has 2 atom stereocenters. The highest BCUT2D eigenvalue weighted by Gasteiger charge is 2.40. The quantitative estimate of drug-likeness (QED) is 0.567. The van der Waals surface area contributed by atoms with Crippen molar-refractivity contribution in [3.8, 4) is 0 Å². The van der Waals surface area contributed by atoms with Crippen LogP contribution in [0.5, 0.6) is 0 Å². The lowest BCUT2D eigenvalue weighted by Gasteiger charge is -2.45. The first-order valence-electron chi connectivity index (χ1n) is 9.31. The second kappa shape index (κ2) is 5.36. The highest BCUT2D eigenvalue weighted by molar-refractivity contribution is 5.89. The van der Waals surface area contributed by atoms with E-state index in [-0.39, 0.29) is 0 Å². The van der Waals surface area contributed by atoms with Crippen molar-refractivity contribution in [2.24, 2.45) is 0 Å². The molecule has 1 aliphatic heterocycles. The zero-order valence-electron chi connectivity index (χ0n) is 14.5. The number of hydrogen-bond donors (Lipinski definition) is 1. The number of rotatable bonds is 2. The molecule has 0 radical (unpaired) electrons. The number of furan rings is 1. The van der Waals surface area contributed by atoms with Crippen LogP contribution in [-0.4, -0.2) is 15.9 Å². The van der Waals surface area contributed by atoms with Crippen LogP contribution < -0.4 is 0 Å². The number of H-pyrrole nitrogens is 1. The normalized spacial score (nSPS) is 21.5. The van der Waals surface area contributed by atoms with E-state index in [0.29, 0.717) is 12.0 Å². The van der Waals surface area contributed by atoms with E-state index in [2.05, 4.69) is 64.6 Å². The number of fused-ring (bicyclic) bond motifs is 4. The molecular formula is C23H20N2O. The summed E-state index contributed by atoms with van der Waals surface area (Å²) in [5.74, 6) is 1.46. The maximum atomic E-state index is 5.67. The Kier molecular flexibility index (Phi) is 2.97. The lowest BCUT2D eigenvalue weighted by molar-refractivity contribution is 0.133. The Bertz CT molecular complexity index is 1090. The number of nitrogens with zero attached hydrogens (tertiary/aromatic N) is 1. The standard InChI is InChI=1S/C23H20N2O/c1-2-7-18-15(5-1)13-25(14-17-6-4-10-26-17)21-11-16-12-24-20-9-3-8-19(22(16)20)23(18)21/h1-10,12,21,23-24H,11,13-14H2/t21-,23-/m0/s1. The van der Waals surface area contributed by atoms with Crippen molar-refractivity contribution in [1.29, 1.82) is 0 Å². The van der Waals surface area contributed by atoms with Gasteiger partial charge in [0.1, 0.15) is 5.76 Å². The van der Waals surface area contributed by atoms with Crippen molar-refractivity contribution in [1.82, 2.24) is 9.88 Å². The zero-order chi connectivity index (χ0) is 17.1. The van der Waals surface area contributed by atoms with E-state index in [4.69, 9.17) is 4.42 Å². The molecule has 2 aliphatic rings. The Morgan fingerprint density at radius 2 is 1.88 bits per heavy atom. The number of aromatic amines is 1. The van der Waals surface area contributed by atoms with Crippen molar-refractivity contribution in [2.75, 3.05) is 0 Å². The minimum absolute atomic E-state index is 0.418. The first kappa shape index (κ1) is 14.4. The maximum absolute atomic E-state index is 5.67. The molecule has 1 aliphatic carbocycles. The molecule has 3 heterocycles. The minimum Gasteiger partial charge on any atom is -0.468 e. The molecular weight excluding hydrogens is 320 g/mol. The van der Waals surface area contributed by atoms with Crippen LogP contribution in [0, 0.1) is 0 Å². The van der Waals surface area contributed by atoms with Crippen LogP contribution in [0.25, 0.3) is 10.9 Å². The van der Waals surface area contributed by atoms with Crippen LogP contribution in [0.3, 0.4) is 0 Å². The Morgan fingerprint density at radius 1 is 0.962 bits per heavy atom. The summed E-state index contributed by atoms with van der Waals surface area (Å²) in [5, 5.41) is 1.43. The summed E-state index contributed by atoms with van der Waals surface area (Å²) in [7, 11) is 0. The Labute approximate surface area is 152 Å². The molecule has 0 amide bonds. The molecule has 4 aromatic rings. The van der Waals surface area contributed by atoms with Gasteiger partial charge >= 0.3 is 0 Å². The molecule has 0 unspecified atom stereocenters. The summed E-state index contributed by atoms with van der Waals surface area (Å²) in [6.45, 7) is 1.84. The molecule has 128 valence electrons. The van der Waals surface area contributed by atoms with Gasteiger partial charge in [-0.05, 0) is 46.9 Å². The molecule has 0 fully saturated rings. The highest BCUT2D eigenvalue weighted by atomic mass is 16.3. The van der Waals surface area contributed by atoms with Gasteiger partial charge in [-0.25, -0.2) is 0 Å². The van der Waals surface area contributed by atoms with Crippen molar-refractivity contribution in [3.05, 3.63) is 95.1 Å². The van der Waals surface area contributed by atoms with E-state index in [0.717, 1.165) is 25.3 Å². The maximum Gasteiger partial charge on any atom is 0.117 e. The van der Waals surface area contributed by atoms with Gasteiger partial charge in [-0.15, -0.1) is 0 Å². The Hall–Kier alpha value is -2.78. The fraction of sp³-hybridized carbons (Fsp3) is 0.217. The Balaban J connectivity index is 1.55. The van der Waals surface area contributed by atoms with Crippen LogP contribution >= 0.6 is 0 Å². The van der Waals surface area contributed by atoms with E-state index >= 15 is 0 Å². The first-order chi connectivity index (χ1) is 12.9. The van der Waals surface area contributed by atoms with Gasteiger partial charge in [0.05, 0.1) is 12.8 Å². The summed E-state index contributed by atoms with van der Waals surface area (Å²) < 4.78 is 5.67. The second-order valence-electron chi connectivity index (χ2n) is 7.52. The summed E-state index contributed by atoms with van der Waals surface area (Å²) in [6.07, 6.45) is 5.06. The second-order valence-corrected chi connectivity index (χ2v) is 7.52. The van der Waals surface area contributed by atoms with E-state index in [1.807, 2.05) is 6.07 Å². The lowest BCUT2D eigenvalue weighted by Crippen LogP contribution is -2.45. The smallest absolute Gasteiger partial charge is 0.117 e. The van der Waals surface area contributed by atoms with Crippen molar-refractivity contribution in [3.63, 3.8) is 0 Å². The van der Waals surface area contributed by atoms with Gasteiger partial charge in [0.25, 0.3) is 0 Å². The van der Waals surface area contributed by atoms with Gasteiger partial charge in [0.2, 0.25) is 0 Å². The topological polar surface area (TPSA) is 32.2 Å². The van der Waals surface area contributed by atoms with E-state index in [1.165, 1.54) is 33.2 Å². The monoisotopic (exact) mass is 340 g/mol. The van der Waals surface area contributed by atoms with Crippen LogP contribution in [0.1, 0.15) is 33.9 Å². The summed E-state index contributed by atoms with van der Waals surface area (Å²) >= 11 is 0. The summed E-state index contributed by atoms with van der Waals surface area (Å²) in [4.78, 5) is 6.07. The fourth-order valence-electron chi connectivity index (χ4n) is 5.06. The predicted molar refractivity (Wildman–Crippen MR) is 102 cm³/mol. The third-order valence-electron chi connectivity index (χ3n) is 6.14. The molecule has 0 saturated heterocycles. The van der Waals surface area contributed by atoms with Gasteiger partial charge in [0, 0.05) is 35.6 Å². The molecule has 2 aromatic heterocycles. The van der Waals surface area contributed by atoms with Crippen LogP contribution in [-0.2, 0) is 19.5 Å². The summed E-state index contributed by atoms with van der Waals surface area (Å²) in [5.41, 5.74) is 7.10. The molecule has 3 heteroatoms. The first-order valence-corrected chi connectivity index (χ1v) is 9.31.